The van der Waals surface area contributed by atoms with Gasteiger partial charge in [-0.05, 0) is 52.4 Å². The molecular formula is C13H9Cl2IO. The van der Waals surface area contributed by atoms with Crippen molar-refractivity contribution in [1.29, 1.82) is 0 Å². The third-order valence-corrected chi connectivity index (χ3v) is 3.72. The molecule has 0 aliphatic heterocycles. The van der Waals surface area contributed by atoms with Crippen LogP contribution in [0.25, 0.3) is 0 Å². The van der Waals surface area contributed by atoms with Gasteiger partial charge in [0.25, 0.3) is 0 Å². The lowest BCUT2D eigenvalue weighted by Crippen LogP contribution is -2.00. The van der Waals surface area contributed by atoms with Gasteiger partial charge in [-0.2, -0.15) is 0 Å². The largest absolute Gasteiger partial charge is 0.384 e. The van der Waals surface area contributed by atoms with Crippen LogP contribution in [0.1, 0.15) is 17.2 Å². The molecule has 0 aliphatic rings. The monoisotopic (exact) mass is 378 g/mol. The minimum Gasteiger partial charge on any atom is -0.384 e. The van der Waals surface area contributed by atoms with Crippen LogP contribution in [-0.2, 0) is 0 Å². The number of benzene rings is 2. The highest BCUT2D eigenvalue weighted by atomic mass is 127. The van der Waals surface area contributed by atoms with Crippen LogP contribution >= 0.6 is 45.8 Å². The molecule has 2 aromatic rings. The number of hydrogen-bond acceptors (Lipinski definition) is 1. The predicted octanol–water partition coefficient (Wildman–Crippen LogP) is 4.68. The molecule has 0 aromatic heterocycles. The Morgan fingerprint density at radius 1 is 1.00 bits per heavy atom. The summed E-state index contributed by atoms with van der Waals surface area (Å²) in [7, 11) is 0. The topological polar surface area (TPSA) is 20.2 Å². The van der Waals surface area contributed by atoms with Crippen LogP contribution in [0.2, 0.25) is 10.0 Å². The van der Waals surface area contributed by atoms with Crippen LogP contribution in [0.3, 0.4) is 0 Å². The van der Waals surface area contributed by atoms with E-state index in [1.54, 1.807) is 18.2 Å². The Hall–Kier alpha value is -0.290. The van der Waals surface area contributed by atoms with E-state index in [-0.39, 0.29) is 0 Å². The maximum Gasteiger partial charge on any atom is 0.105 e. The first-order valence-corrected chi connectivity index (χ1v) is 6.80. The molecule has 0 heterocycles. The van der Waals surface area contributed by atoms with E-state index >= 15 is 0 Å². The Kier molecular flexibility index (Phi) is 4.31. The molecule has 1 nitrogen and oxygen atoms in total. The Labute approximate surface area is 124 Å². The lowest BCUT2D eigenvalue weighted by atomic mass is 10.0. The quantitative estimate of drug-likeness (QED) is 0.752. The van der Waals surface area contributed by atoms with Crippen LogP contribution in [0.4, 0.5) is 0 Å². The molecular weight excluding hydrogens is 370 g/mol. The maximum absolute atomic E-state index is 10.2. The van der Waals surface area contributed by atoms with Gasteiger partial charge in [0.1, 0.15) is 6.10 Å². The van der Waals surface area contributed by atoms with Gasteiger partial charge in [0.15, 0.2) is 0 Å². The summed E-state index contributed by atoms with van der Waals surface area (Å²) >= 11 is 14.1. The smallest absolute Gasteiger partial charge is 0.105 e. The van der Waals surface area contributed by atoms with E-state index in [0.29, 0.717) is 15.6 Å². The predicted molar refractivity (Wildman–Crippen MR) is 79.7 cm³/mol. The van der Waals surface area contributed by atoms with E-state index in [9.17, 15) is 5.11 Å². The minimum atomic E-state index is -0.725. The van der Waals surface area contributed by atoms with Crippen molar-refractivity contribution in [2.24, 2.45) is 0 Å². The summed E-state index contributed by atoms with van der Waals surface area (Å²) in [5, 5.41) is 11.3. The van der Waals surface area contributed by atoms with Crippen molar-refractivity contribution in [1.82, 2.24) is 0 Å². The summed E-state index contributed by atoms with van der Waals surface area (Å²) in [4.78, 5) is 0. The number of rotatable bonds is 2. The second-order valence-corrected chi connectivity index (χ2v) is 5.71. The highest BCUT2D eigenvalue weighted by Crippen LogP contribution is 2.30. The van der Waals surface area contributed by atoms with Crippen molar-refractivity contribution in [2.75, 3.05) is 0 Å². The molecule has 0 saturated heterocycles. The molecule has 1 unspecified atom stereocenters. The third-order valence-electron chi connectivity index (χ3n) is 2.44. The van der Waals surface area contributed by atoms with Crippen molar-refractivity contribution in [3.8, 4) is 0 Å². The summed E-state index contributed by atoms with van der Waals surface area (Å²) in [5.74, 6) is 0. The molecule has 0 bridgehead atoms. The Bertz CT molecular complexity index is 525. The normalized spacial score (nSPS) is 12.5. The molecule has 1 N–H and O–H groups in total. The van der Waals surface area contributed by atoms with Crippen LogP contribution in [-0.4, -0.2) is 5.11 Å². The molecule has 2 rings (SSSR count). The third kappa shape index (κ3) is 3.13. The zero-order chi connectivity index (χ0) is 12.4. The molecule has 88 valence electrons. The molecule has 0 saturated carbocycles. The Morgan fingerprint density at radius 2 is 1.65 bits per heavy atom. The molecule has 4 heteroatoms. The van der Waals surface area contributed by atoms with Crippen LogP contribution < -0.4 is 0 Å². The fraction of sp³-hybridized carbons (Fsp3) is 0.0769. The molecule has 0 fully saturated rings. The van der Waals surface area contributed by atoms with Crippen molar-refractivity contribution in [3.63, 3.8) is 0 Å². The molecule has 0 radical (unpaired) electrons. The van der Waals surface area contributed by atoms with E-state index in [0.717, 1.165) is 9.13 Å². The van der Waals surface area contributed by atoms with Crippen molar-refractivity contribution in [3.05, 3.63) is 67.2 Å². The van der Waals surface area contributed by atoms with Gasteiger partial charge in [0, 0.05) is 19.2 Å². The number of halogens is 3. The lowest BCUT2D eigenvalue weighted by molar-refractivity contribution is 0.220. The average Bonchev–Trinajstić information content (AvgIpc) is 2.29. The second-order valence-electron chi connectivity index (χ2n) is 3.62. The van der Waals surface area contributed by atoms with Crippen LogP contribution in [0, 0.1) is 3.57 Å². The highest BCUT2D eigenvalue weighted by Gasteiger charge is 2.13. The Morgan fingerprint density at radius 3 is 2.24 bits per heavy atom. The molecule has 0 amide bonds. The molecule has 17 heavy (non-hydrogen) atoms. The van der Waals surface area contributed by atoms with Crippen molar-refractivity contribution < 1.29 is 5.11 Å². The van der Waals surface area contributed by atoms with Gasteiger partial charge >= 0.3 is 0 Å². The van der Waals surface area contributed by atoms with Crippen LogP contribution in [0.15, 0.2) is 42.5 Å². The van der Waals surface area contributed by atoms with E-state index < -0.39 is 6.10 Å². The summed E-state index contributed by atoms with van der Waals surface area (Å²) < 4.78 is 1.13. The van der Waals surface area contributed by atoms with Gasteiger partial charge in [-0.25, -0.2) is 0 Å². The van der Waals surface area contributed by atoms with Crippen molar-refractivity contribution >= 4 is 45.8 Å². The second kappa shape index (κ2) is 5.57. The van der Waals surface area contributed by atoms with Gasteiger partial charge in [0.05, 0.1) is 0 Å². The fourth-order valence-electron chi connectivity index (χ4n) is 1.55. The summed E-state index contributed by atoms with van der Waals surface area (Å²) in [6.45, 7) is 0. The number of hydrogen-bond donors (Lipinski definition) is 1. The standard InChI is InChI=1S/C13H9Cl2IO/c14-9-3-6-11(12(15)7-9)13(17)8-1-4-10(16)5-2-8/h1-7,13,17H. The zero-order valence-electron chi connectivity index (χ0n) is 8.70. The molecule has 1 atom stereocenters. The summed E-state index contributed by atoms with van der Waals surface area (Å²) in [6, 6.07) is 12.8. The van der Waals surface area contributed by atoms with Crippen molar-refractivity contribution in [2.45, 2.75) is 6.10 Å². The first-order chi connectivity index (χ1) is 8.08. The summed E-state index contributed by atoms with van der Waals surface area (Å²) in [6.07, 6.45) is -0.725. The minimum absolute atomic E-state index is 0.476. The SMILES string of the molecule is OC(c1ccc(I)cc1)c1ccc(Cl)cc1Cl. The molecule has 2 aromatic carbocycles. The van der Waals surface area contributed by atoms with Gasteiger partial charge in [-0.3, -0.25) is 0 Å². The molecule has 0 spiro atoms. The zero-order valence-corrected chi connectivity index (χ0v) is 12.4. The maximum atomic E-state index is 10.2. The van der Waals surface area contributed by atoms with Gasteiger partial charge in [-0.1, -0.05) is 41.4 Å². The first-order valence-electron chi connectivity index (χ1n) is 4.96. The van der Waals surface area contributed by atoms with E-state index in [1.165, 1.54) is 0 Å². The Balaban J connectivity index is 2.36. The van der Waals surface area contributed by atoms with E-state index in [4.69, 9.17) is 23.2 Å². The number of aliphatic hydroxyl groups excluding tert-OH is 1. The van der Waals surface area contributed by atoms with E-state index in [1.807, 2.05) is 24.3 Å². The number of aliphatic hydroxyl groups is 1. The van der Waals surface area contributed by atoms with Crippen LogP contribution in [0.5, 0.6) is 0 Å². The van der Waals surface area contributed by atoms with Gasteiger partial charge < -0.3 is 5.11 Å². The highest BCUT2D eigenvalue weighted by molar-refractivity contribution is 14.1. The van der Waals surface area contributed by atoms with Gasteiger partial charge in [-0.15, -0.1) is 0 Å². The van der Waals surface area contributed by atoms with Gasteiger partial charge in [0.2, 0.25) is 0 Å². The fourth-order valence-corrected chi connectivity index (χ4v) is 2.42. The molecule has 0 aliphatic carbocycles. The lowest BCUT2D eigenvalue weighted by Gasteiger charge is -2.13. The van der Waals surface area contributed by atoms with E-state index in [2.05, 4.69) is 22.6 Å². The summed E-state index contributed by atoms with van der Waals surface area (Å²) in [5.41, 5.74) is 1.48. The first kappa shape index (κ1) is 13.1. The average molecular weight is 379 g/mol.